The van der Waals surface area contributed by atoms with Crippen LogP contribution in [0.4, 0.5) is 0 Å². The molecule has 0 aliphatic carbocycles. The van der Waals surface area contributed by atoms with Gasteiger partial charge in [0, 0.05) is 5.41 Å². The minimum atomic E-state index is 0.0600. The largest absolute Gasteiger partial charge is 0.0622 e. The zero-order chi connectivity index (χ0) is 13.3. The zero-order valence-corrected chi connectivity index (χ0v) is 12.0. The Kier molecular flexibility index (Phi) is 3.30. The van der Waals surface area contributed by atoms with Crippen molar-refractivity contribution in [3.05, 3.63) is 70.3 Å². The van der Waals surface area contributed by atoms with Crippen LogP contribution in [0.5, 0.6) is 0 Å². The molecule has 0 saturated heterocycles. The van der Waals surface area contributed by atoms with Gasteiger partial charge in [-0.15, -0.1) is 0 Å². The highest BCUT2D eigenvalue weighted by atomic mass is 14.3. The Morgan fingerprint density at radius 3 is 1.72 bits per heavy atom. The van der Waals surface area contributed by atoms with Crippen LogP contribution >= 0.6 is 0 Å². The first kappa shape index (κ1) is 12.9. The average Bonchev–Trinajstić information content (AvgIpc) is 2.36. The molecule has 0 amide bonds. The molecule has 0 atom stereocenters. The van der Waals surface area contributed by atoms with Gasteiger partial charge in [-0.3, -0.25) is 0 Å². The van der Waals surface area contributed by atoms with Crippen LogP contribution in [0.3, 0.4) is 0 Å². The third kappa shape index (κ3) is 2.20. The van der Waals surface area contributed by atoms with Gasteiger partial charge in [0.1, 0.15) is 0 Å². The fourth-order valence-corrected chi connectivity index (χ4v) is 2.42. The van der Waals surface area contributed by atoms with Crippen LogP contribution in [0.25, 0.3) is 0 Å². The second-order valence-corrected chi connectivity index (χ2v) is 5.73. The van der Waals surface area contributed by atoms with E-state index >= 15 is 0 Å². The Balaban J connectivity index is 2.54. The molecule has 0 spiro atoms. The molecule has 0 nitrogen and oxygen atoms in total. The first-order valence-corrected chi connectivity index (χ1v) is 6.57. The predicted octanol–water partition coefficient (Wildman–Crippen LogP) is 4.94. The molecule has 0 unspecified atom stereocenters. The van der Waals surface area contributed by atoms with Crippen LogP contribution in [-0.4, -0.2) is 0 Å². The summed E-state index contributed by atoms with van der Waals surface area (Å²) in [6.07, 6.45) is 0. The normalized spacial score (nSPS) is 11.6. The average molecular weight is 238 g/mol. The molecule has 0 aliphatic rings. The molecule has 0 heterocycles. The van der Waals surface area contributed by atoms with E-state index in [4.69, 9.17) is 0 Å². The van der Waals surface area contributed by atoms with Gasteiger partial charge in [-0.25, -0.2) is 0 Å². The zero-order valence-electron chi connectivity index (χ0n) is 12.0. The summed E-state index contributed by atoms with van der Waals surface area (Å²) >= 11 is 0. The molecule has 0 aliphatic heterocycles. The van der Waals surface area contributed by atoms with Crippen LogP contribution in [0, 0.1) is 20.8 Å². The van der Waals surface area contributed by atoms with Gasteiger partial charge >= 0.3 is 0 Å². The van der Waals surface area contributed by atoms with Gasteiger partial charge in [0.2, 0.25) is 0 Å². The lowest BCUT2D eigenvalue weighted by atomic mass is 9.76. The molecular weight excluding hydrogens is 216 g/mol. The maximum Gasteiger partial charge on any atom is 0.0146 e. The van der Waals surface area contributed by atoms with Gasteiger partial charge in [0.25, 0.3) is 0 Å². The molecule has 0 bridgehead atoms. The Bertz CT molecular complexity index is 525. The van der Waals surface area contributed by atoms with Crippen molar-refractivity contribution in [2.45, 2.75) is 40.0 Å². The molecule has 0 N–H and O–H groups in total. The molecule has 2 aromatic rings. The van der Waals surface area contributed by atoms with Crippen LogP contribution in [0.1, 0.15) is 41.7 Å². The van der Waals surface area contributed by atoms with E-state index in [-0.39, 0.29) is 5.41 Å². The Morgan fingerprint density at radius 2 is 1.22 bits per heavy atom. The first-order valence-electron chi connectivity index (χ1n) is 6.57. The summed E-state index contributed by atoms with van der Waals surface area (Å²) in [7, 11) is 0. The molecule has 2 rings (SSSR count). The summed E-state index contributed by atoms with van der Waals surface area (Å²) in [6.45, 7) is 11.2. The number of aryl methyl sites for hydroxylation is 2. The van der Waals surface area contributed by atoms with Crippen molar-refractivity contribution in [1.29, 1.82) is 0 Å². The lowest BCUT2D eigenvalue weighted by molar-refractivity contribution is 0.639. The second-order valence-electron chi connectivity index (χ2n) is 5.73. The van der Waals surface area contributed by atoms with Crippen molar-refractivity contribution in [2.75, 3.05) is 0 Å². The topological polar surface area (TPSA) is 0 Å². The van der Waals surface area contributed by atoms with Gasteiger partial charge in [0.15, 0.2) is 0 Å². The van der Waals surface area contributed by atoms with Crippen molar-refractivity contribution >= 4 is 0 Å². The quantitative estimate of drug-likeness (QED) is 0.695. The van der Waals surface area contributed by atoms with E-state index in [1.807, 2.05) is 0 Å². The van der Waals surface area contributed by atoms with Crippen LogP contribution in [0.15, 0.2) is 42.5 Å². The number of benzene rings is 2. The van der Waals surface area contributed by atoms with Gasteiger partial charge < -0.3 is 0 Å². The molecule has 0 heteroatoms. The van der Waals surface area contributed by atoms with Crippen LogP contribution in [-0.2, 0) is 5.41 Å². The maximum atomic E-state index is 2.33. The molecule has 94 valence electrons. The number of rotatable bonds is 2. The second kappa shape index (κ2) is 4.61. The lowest BCUT2D eigenvalue weighted by Crippen LogP contribution is -2.19. The van der Waals surface area contributed by atoms with E-state index in [0.29, 0.717) is 0 Å². The summed E-state index contributed by atoms with van der Waals surface area (Å²) in [5.41, 5.74) is 7.00. The van der Waals surface area contributed by atoms with E-state index in [0.717, 1.165) is 0 Å². The monoisotopic (exact) mass is 238 g/mol. The highest BCUT2D eigenvalue weighted by molar-refractivity contribution is 5.44. The third-order valence-corrected chi connectivity index (χ3v) is 4.14. The van der Waals surface area contributed by atoms with Crippen LogP contribution < -0.4 is 0 Å². The number of hydrogen-bond donors (Lipinski definition) is 0. The van der Waals surface area contributed by atoms with E-state index in [2.05, 4.69) is 77.1 Å². The minimum Gasteiger partial charge on any atom is -0.0622 e. The van der Waals surface area contributed by atoms with E-state index in [9.17, 15) is 0 Å². The highest BCUT2D eigenvalue weighted by Gasteiger charge is 2.23. The maximum absolute atomic E-state index is 2.33. The summed E-state index contributed by atoms with van der Waals surface area (Å²) in [4.78, 5) is 0. The van der Waals surface area contributed by atoms with Crippen LogP contribution in [0.2, 0.25) is 0 Å². The summed E-state index contributed by atoms with van der Waals surface area (Å²) < 4.78 is 0. The fraction of sp³-hybridized carbons (Fsp3) is 0.333. The molecular formula is C18H22. The van der Waals surface area contributed by atoms with E-state index in [1.165, 1.54) is 27.8 Å². The molecule has 18 heavy (non-hydrogen) atoms. The predicted molar refractivity (Wildman–Crippen MR) is 79.2 cm³/mol. The minimum absolute atomic E-state index is 0.0600. The van der Waals surface area contributed by atoms with Gasteiger partial charge in [-0.2, -0.15) is 0 Å². The van der Waals surface area contributed by atoms with Gasteiger partial charge in [0.05, 0.1) is 0 Å². The standard InChI is InChI=1S/C18H22/c1-13-11-17(12-14(2)15(13)3)18(4,5)16-9-7-6-8-10-16/h6-12H,1-5H3. The molecule has 0 saturated carbocycles. The van der Waals surface area contributed by atoms with Gasteiger partial charge in [-0.1, -0.05) is 56.3 Å². The van der Waals surface area contributed by atoms with E-state index in [1.54, 1.807) is 0 Å². The Labute approximate surface area is 111 Å². The van der Waals surface area contributed by atoms with E-state index < -0.39 is 0 Å². The van der Waals surface area contributed by atoms with Gasteiger partial charge in [-0.05, 0) is 48.6 Å². The lowest BCUT2D eigenvalue weighted by Gasteiger charge is -2.27. The van der Waals surface area contributed by atoms with Crippen molar-refractivity contribution in [3.63, 3.8) is 0 Å². The van der Waals surface area contributed by atoms with Crippen molar-refractivity contribution in [1.82, 2.24) is 0 Å². The Morgan fingerprint density at radius 1 is 0.722 bits per heavy atom. The molecule has 2 aromatic carbocycles. The summed E-state index contributed by atoms with van der Waals surface area (Å²) in [5.74, 6) is 0. The van der Waals surface area contributed by atoms with Crippen molar-refractivity contribution in [3.8, 4) is 0 Å². The Hall–Kier alpha value is -1.56. The summed E-state index contributed by atoms with van der Waals surface area (Å²) in [6, 6.07) is 15.4. The fourth-order valence-electron chi connectivity index (χ4n) is 2.42. The summed E-state index contributed by atoms with van der Waals surface area (Å²) in [5, 5.41) is 0. The number of hydrogen-bond acceptors (Lipinski definition) is 0. The first-order chi connectivity index (χ1) is 8.43. The molecule has 0 fully saturated rings. The molecule has 0 radical (unpaired) electrons. The SMILES string of the molecule is Cc1cc(C(C)(C)c2ccccc2)cc(C)c1C. The third-order valence-electron chi connectivity index (χ3n) is 4.14. The smallest absolute Gasteiger partial charge is 0.0146 e. The van der Waals surface area contributed by atoms with Crippen molar-refractivity contribution in [2.24, 2.45) is 0 Å². The van der Waals surface area contributed by atoms with Crippen molar-refractivity contribution < 1.29 is 0 Å². The highest BCUT2D eigenvalue weighted by Crippen LogP contribution is 2.33. The molecule has 0 aromatic heterocycles.